The van der Waals surface area contributed by atoms with Gasteiger partial charge in [0.2, 0.25) is 5.91 Å². The SMILES string of the molecule is CCOC(=O)c1cccc(NC(=O)NCC(=O)N2[C@@H](C(=O)OC(C)(C)C)CC[C@H]2c2ccccc2)c1. The van der Waals surface area contributed by atoms with Crippen LogP contribution in [-0.2, 0) is 19.1 Å². The third kappa shape index (κ3) is 7.07. The van der Waals surface area contributed by atoms with Crippen LogP contribution in [0.1, 0.15) is 62.5 Å². The fraction of sp³-hybridized carbons (Fsp3) is 0.407. The van der Waals surface area contributed by atoms with E-state index in [0.29, 0.717) is 24.1 Å². The maximum absolute atomic E-state index is 13.3. The number of hydrogen-bond donors (Lipinski definition) is 2. The number of hydrogen-bond acceptors (Lipinski definition) is 6. The third-order valence-corrected chi connectivity index (χ3v) is 5.57. The summed E-state index contributed by atoms with van der Waals surface area (Å²) in [7, 11) is 0. The van der Waals surface area contributed by atoms with Crippen molar-refractivity contribution in [3.8, 4) is 0 Å². The van der Waals surface area contributed by atoms with Gasteiger partial charge in [0.25, 0.3) is 0 Å². The molecule has 2 aromatic rings. The first-order chi connectivity index (χ1) is 17.1. The molecule has 9 heteroatoms. The quantitative estimate of drug-likeness (QED) is 0.560. The van der Waals surface area contributed by atoms with Gasteiger partial charge in [-0.25, -0.2) is 14.4 Å². The van der Waals surface area contributed by atoms with Crippen molar-refractivity contribution in [1.82, 2.24) is 10.2 Å². The Morgan fingerprint density at radius 1 is 1.00 bits per heavy atom. The first-order valence-corrected chi connectivity index (χ1v) is 12.0. The number of urea groups is 1. The van der Waals surface area contributed by atoms with Gasteiger partial charge in [-0.1, -0.05) is 36.4 Å². The minimum atomic E-state index is -0.743. The smallest absolute Gasteiger partial charge is 0.338 e. The van der Waals surface area contributed by atoms with Crippen molar-refractivity contribution in [1.29, 1.82) is 0 Å². The average molecular weight is 496 g/mol. The van der Waals surface area contributed by atoms with E-state index in [-0.39, 0.29) is 19.2 Å². The molecule has 0 radical (unpaired) electrons. The number of likely N-dealkylation sites (tertiary alicyclic amines) is 1. The molecule has 0 spiro atoms. The largest absolute Gasteiger partial charge is 0.462 e. The summed E-state index contributed by atoms with van der Waals surface area (Å²) in [6.07, 6.45) is 1.07. The molecule has 0 unspecified atom stereocenters. The molecule has 1 heterocycles. The van der Waals surface area contributed by atoms with Crippen molar-refractivity contribution in [3.63, 3.8) is 0 Å². The highest BCUT2D eigenvalue weighted by Crippen LogP contribution is 2.37. The zero-order valence-corrected chi connectivity index (χ0v) is 21.1. The van der Waals surface area contributed by atoms with Crippen LogP contribution in [0.15, 0.2) is 54.6 Å². The van der Waals surface area contributed by atoms with E-state index in [0.717, 1.165) is 5.56 Å². The molecule has 2 aromatic carbocycles. The number of carbonyl (C=O) groups is 4. The van der Waals surface area contributed by atoms with E-state index in [1.807, 2.05) is 30.3 Å². The van der Waals surface area contributed by atoms with Crippen LogP contribution in [0.5, 0.6) is 0 Å². The van der Waals surface area contributed by atoms with Crippen LogP contribution in [0.25, 0.3) is 0 Å². The maximum Gasteiger partial charge on any atom is 0.338 e. The number of benzene rings is 2. The van der Waals surface area contributed by atoms with E-state index in [2.05, 4.69) is 10.6 Å². The van der Waals surface area contributed by atoms with Crippen LogP contribution in [0, 0.1) is 0 Å². The first kappa shape index (κ1) is 26.7. The van der Waals surface area contributed by atoms with E-state index < -0.39 is 35.5 Å². The monoisotopic (exact) mass is 495 g/mol. The lowest BCUT2D eigenvalue weighted by Gasteiger charge is -2.31. The summed E-state index contributed by atoms with van der Waals surface area (Å²) in [6, 6.07) is 14.1. The Bertz CT molecular complexity index is 1100. The molecule has 1 aliphatic rings. The molecule has 2 atom stereocenters. The van der Waals surface area contributed by atoms with Gasteiger partial charge in [0.15, 0.2) is 0 Å². The van der Waals surface area contributed by atoms with Gasteiger partial charge in [0, 0.05) is 5.69 Å². The fourth-order valence-corrected chi connectivity index (χ4v) is 4.12. The molecule has 3 amide bonds. The zero-order valence-electron chi connectivity index (χ0n) is 21.1. The molecule has 2 N–H and O–H groups in total. The Morgan fingerprint density at radius 2 is 1.72 bits per heavy atom. The Morgan fingerprint density at radius 3 is 2.39 bits per heavy atom. The molecule has 1 saturated heterocycles. The van der Waals surface area contributed by atoms with E-state index in [4.69, 9.17) is 9.47 Å². The normalized spacial score (nSPS) is 17.3. The number of amides is 3. The zero-order chi connectivity index (χ0) is 26.3. The van der Waals surface area contributed by atoms with Crippen molar-refractivity contribution in [2.75, 3.05) is 18.5 Å². The Balaban J connectivity index is 1.69. The van der Waals surface area contributed by atoms with E-state index in [9.17, 15) is 19.2 Å². The Kier molecular flexibility index (Phi) is 8.68. The number of esters is 2. The predicted molar refractivity (Wildman–Crippen MR) is 134 cm³/mol. The number of carbonyl (C=O) groups excluding carboxylic acids is 4. The molecule has 3 rings (SSSR count). The summed E-state index contributed by atoms with van der Waals surface area (Å²) in [5.74, 6) is -1.35. The summed E-state index contributed by atoms with van der Waals surface area (Å²) in [6.45, 7) is 6.98. The average Bonchev–Trinajstić information content (AvgIpc) is 3.28. The minimum absolute atomic E-state index is 0.240. The lowest BCUT2D eigenvalue weighted by molar-refractivity contribution is -0.164. The van der Waals surface area contributed by atoms with Crippen LogP contribution in [0.3, 0.4) is 0 Å². The molecule has 0 aromatic heterocycles. The summed E-state index contributed by atoms with van der Waals surface area (Å²) in [5, 5.41) is 5.16. The van der Waals surface area contributed by atoms with Gasteiger partial charge in [-0.05, 0) is 64.3 Å². The van der Waals surface area contributed by atoms with Crippen molar-refractivity contribution in [2.45, 2.75) is 58.2 Å². The van der Waals surface area contributed by atoms with Crippen molar-refractivity contribution >= 4 is 29.6 Å². The van der Waals surface area contributed by atoms with Gasteiger partial charge < -0.3 is 25.0 Å². The van der Waals surface area contributed by atoms with E-state index in [1.165, 1.54) is 11.0 Å². The highest BCUT2D eigenvalue weighted by molar-refractivity contribution is 5.95. The fourth-order valence-electron chi connectivity index (χ4n) is 4.12. The highest BCUT2D eigenvalue weighted by atomic mass is 16.6. The molecular formula is C27H33N3O6. The first-order valence-electron chi connectivity index (χ1n) is 12.0. The molecule has 0 bridgehead atoms. The molecule has 9 nitrogen and oxygen atoms in total. The predicted octanol–water partition coefficient (Wildman–Crippen LogP) is 4.06. The number of nitrogens with one attached hydrogen (secondary N) is 2. The number of ether oxygens (including phenoxy) is 2. The second-order valence-corrected chi connectivity index (χ2v) is 9.46. The minimum Gasteiger partial charge on any atom is -0.462 e. The van der Waals surface area contributed by atoms with Gasteiger partial charge in [-0.2, -0.15) is 0 Å². The van der Waals surface area contributed by atoms with Gasteiger partial charge in [0.05, 0.1) is 24.8 Å². The molecule has 1 aliphatic heterocycles. The van der Waals surface area contributed by atoms with Crippen molar-refractivity contribution < 1.29 is 28.7 Å². The van der Waals surface area contributed by atoms with Crippen LogP contribution >= 0.6 is 0 Å². The van der Waals surface area contributed by atoms with Crippen LogP contribution < -0.4 is 10.6 Å². The second-order valence-electron chi connectivity index (χ2n) is 9.46. The molecular weight excluding hydrogens is 462 g/mol. The Labute approximate surface area is 211 Å². The van der Waals surface area contributed by atoms with Crippen LogP contribution in [0.4, 0.5) is 10.5 Å². The van der Waals surface area contributed by atoms with Gasteiger partial charge in [-0.15, -0.1) is 0 Å². The summed E-state index contributed by atoms with van der Waals surface area (Å²) in [4.78, 5) is 52.1. The Hall–Kier alpha value is -3.88. The van der Waals surface area contributed by atoms with Crippen LogP contribution in [-0.4, -0.2) is 53.6 Å². The van der Waals surface area contributed by atoms with Gasteiger partial charge in [0.1, 0.15) is 11.6 Å². The summed E-state index contributed by atoms with van der Waals surface area (Å²) in [5.41, 5.74) is 0.902. The van der Waals surface area contributed by atoms with Crippen molar-refractivity contribution in [3.05, 3.63) is 65.7 Å². The summed E-state index contributed by atoms with van der Waals surface area (Å²) >= 11 is 0. The maximum atomic E-state index is 13.3. The number of anilines is 1. The molecule has 36 heavy (non-hydrogen) atoms. The second kappa shape index (κ2) is 11.7. The van der Waals surface area contributed by atoms with Gasteiger partial charge in [-0.3, -0.25) is 4.79 Å². The summed E-state index contributed by atoms with van der Waals surface area (Å²) < 4.78 is 10.5. The van der Waals surface area contributed by atoms with E-state index in [1.54, 1.807) is 45.9 Å². The van der Waals surface area contributed by atoms with Crippen molar-refractivity contribution in [2.24, 2.45) is 0 Å². The molecule has 1 fully saturated rings. The lowest BCUT2D eigenvalue weighted by atomic mass is 10.0. The molecule has 192 valence electrons. The molecule has 0 aliphatic carbocycles. The number of rotatable bonds is 7. The lowest BCUT2D eigenvalue weighted by Crippen LogP contribution is -2.48. The standard InChI is InChI=1S/C27H33N3O6/c1-5-35-24(32)19-12-9-13-20(16-19)29-26(34)28-17-23(31)30-21(18-10-7-6-8-11-18)14-15-22(30)25(33)36-27(2,3)4/h6-13,16,21-22H,5,14-15,17H2,1-4H3,(H2,28,29,34)/t21-,22+/m0/s1. The molecule has 0 saturated carbocycles. The number of nitrogens with zero attached hydrogens (tertiary/aromatic N) is 1. The topological polar surface area (TPSA) is 114 Å². The third-order valence-electron chi connectivity index (χ3n) is 5.57. The van der Waals surface area contributed by atoms with Gasteiger partial charge >= 0.3 is 18.0 Å². The van der Waals surface area contributed by atoms with Crippen LogP contribution in [0.2, 0.25) is 0 Å². The van der Waals surface area contributed by atoms with E-state index >= 15 is 0 Å². The highest BCUT2D eigenvalue weighted by Gasteiger charge is 2.43.